The summed E-state index contributed by atoms with van der Waals surface area (Å²) in [6.45, 7) is 1.84. The van der Waals surface area contributed by atoms with Gasteiger partial charge in [0.2, 0.25) is 10.0 Å². The van der Waals surface area contributed by atoms with E-state index in [4.69, 9.17) is 15.2 Å². The van der Waals surface area contributed by atoms with E-state index in [2.05, 4.69) is 0 Å². The Labute approximate surface area is 125 Å². The molecule has 1 aliphatic rings. The molecule has 1 fully saturated rings. The molecule has 0 aliphatic carbocycles. The molecule has 2 N–H and O–H groups in total. The van der Waals surface area contributed by atoms with Crippen LogP contribution in [0.2, 0.25) is 0 Å². The Bertz CT molecular complexity index is 545. The molecule has 0 radical (unpaired) electrons. The first-order chi connectivity index (χ1) is 10.0. The lowest BCUT2D eigenvalue weighted by Crippen LogP contribution is -2.45. The van der Waals surface area contributed by atoms with Crippen molar-refractivity contribution in [3.05, 3.63) is 24.3 Å². The van der Waals surface area contributed by atoms with E-state index in [0.717, 1.165) is 12.8 Å². The van der Waals surface area contributed by atoms with E-state index in [1.54, 1.807) is 31.4 Å². The van der Waals surface area contributed by atoms with Crippen molar-refractivity contribution in [2.24, 2.45) is 5.73 Å². The van der Waals surface area contributed by atoms with Crippen LogP contribution in [0.1, 0.15) is 12.8 Å². The molecule has 1 aromatic carbocycles. The van der Waals surface area contributed by atoms with Gasteiger partial charge in [0.25, 0.3) is 0 Å². The normalized spacial score (nSPS) is 20.4. The molecule has 0 saturated carbocycles. The minimum atomic E-state index is -3.46. The first-order valence-corrected chi connectivity index (χ1v) is 8.45. The third-order valence-corrected chi connectivity index (χ3v) is 5.32. The van der Waals surface area contributed by atoms with Crippen LogP contribution >= 0.6 is 0 Å². The fourth-order valence-corrected chi connectivity index (χ4v) is 3.83. The molecule has 2 rings (SSSR count). The first kappa shape index (κ1) is 16.2. The monoisotopic (exact) mass is 314 g/mol. The highest BCUT2D eigenvalue weighted by Gasteiger charge is 2.28. The zero-order valence-electron chi connectivity index (χ0n) is 12.2. The van der Waals surface area contributed by atoms with Gasteiger partial charge >= 0.3 is 0 Å². The van der Waals surface area contributed by atoms with Crippen LogP contribution in [0, 0.1) is 0 Å². The van der Waals surface area contributed by atoms with Gasteiger partial charge in [-0.3, -0.25) is 0 Å². The first-order valence-electron chi connectivity index (χ1n) is 7.01. The highest BCUT2D eigenvalue weighted by Crippen LogP contribution is 2.22. The molecule has 1 aromatic rings. The summed E-state index contributed by atoms with van der Waals surface area (Å²) in [6, 6.07) is 6.37. The van der Waals surface area contributed by atoms with Crippen LogP contribution in [0.4, 0.5) is 0 Å². The van der Waals surface area contributed by atoms with Gasteiger partial charge in [0.05, 0.1) is 11.5 Å². The summed E-state index contributed by atoms with van der Waals surface area (Å²) in [5, 5.41) is 0. The van der Waals surface area contributed by atoms with Gasteiger partial charge in [-0.15, -0.1) is 0 Å². The van der Waals surface area contributed by atoms with E-state index >= 15 is 0 Å². The second-order valence-electron chi connectivity index (χ2n) is 5.08. The van der Waals surface area contributed by atoms with E-state index in [1.807, 2.05) is 0 Å². The Hall–Kier alpha value is -1.15. The van der Waals surface area contributed by atoms with E-state index in [1.165, 1.54) is 4.31 Å². The third-order valence-electron chi connectivity index (χ3n) is 3.44. The number of hydrogen-bond acceptors (Lipinski definition) is 5. The summed E-state index contributed by atoms with van der Waals surface area (Å²) in [5.41, 5.74) is 5.85. The van der Waals surface area contributed by atoms with Gasteiger partial charge < -0.3 is 15.2 Å². The number of nitrogens with two attached hydrogens (primary N) is 1. The maximum atomic E-state index is 12.5. The summed E-state index contributed by atoms with van der Waals surface area (Å²) in [6.07, 6.45) is 1.68. The lowest BCUT2D eigenvalue weighted by atomic mass is 10.1. The molecule has 1 unspecified atom stereocenters. The van der Waals surface area contributed by atoms with Crippen LogP contribution in [0.25, 0.3) is 0 Å². The number of rotatable bonds is 6. The number of methoxy groups -OCH3 is 1. The minimum absolute atomic E-state index is 0.0785. The molecular weight excluding hydrogens is 292 g/mol. The molecule has 21 heavy (non-hydrogen) atoms. The van der Waals surface area contributed by atoms with Crippen molar-refractivity contribution >= 4 is 10.0 Å². The summed E-state index contributed by atoms with van der Waals surface area (Å²) in [4.78, 5) is 0.274. The molecule has 7 heteroatoms. The maximum absolute atomic E-state index is 12.5. The number of hydrogen-bond donors (Lipinski definition) is 1. The molecule has 118 valence electrons. The van der Waals surface area contributed by atoms with Crippen LogP contribution in [-0.2, 0) is 14.8 Å². The lowest BCUT2D eigenvalue weighted by molar-refractivity contribution is 0.146. The van der Waals surface area contributed by atoms with Gasteiger partial charge in [0, 0.05) is 26.2 Å². The van der Waals surface area contributed by atoms with Crippen LogP contribution in [0.3, 0.4) is 0 Å². The van der Waals surface area contributed by atoms with Gasteiger partial charge in [-0.25, -0.2) is 8.42 Å². The third kappa shape index (κ3) is 4.16. The van der Waals surface area contributed by atoms with Gasteiger partial charge in [-0.1, -0.05) is 0 Å². The lowest BCUT2D eigenvalue weighted by Gasteiger charge is -2.29. The average molecular weight is 314 g/mol. The zero-order chi connectivity index (χ0) is 15.3. The largest absolute Gasteiger partial charge is 0.491 e. The van der Waals surface area contributed by atoms with Crippen molar-refractivity contribution in [2.75, 3.05) is 33.4 Å². The fourth-order valence-electron chi connectivity index (χ4n) is 2.29. The molecule has 0 spiro atoms. The van der Waals surface area contributed by atoms with Crippen molar-refractivity contribution in [2.45, 2.75) is 23.8 Å². The predicted molar refractivity (Wildman–Crippen MR) is 79.8 cm³/mol. The summed E-state index contributed by atoms with van der Waals surface area (Å²) >= 11 is 0. The van der Waals surface area contributed by atoms with Crippen molar-refractivity contribution < 1.29 is 17.9 Å². The van der Waals surface area contributed by atoms with E-state index in [0.29, 0.717) is 32.1 Å². The quantitative estimate of drug-likeness (QED) is 0.786. The molecule has 6 nitrogen and oxygen atoms in total. The predicted octanol–water partition coefficient (Wildman–Crippen LogP) is 0.824. The Morgan fingerprint density at radius 2 is 2.00 bits per heavy atom. The van der Waals surface area contributed by atoms with Gasteiger partial charge in [-0.05, 0) is 37.1 Å². The molecule has 0 amide bonds. The zero-order valence-corrected chi connectivity index (χ0v) is 13.0. The highest BCUT2D eigenvalue weighted by molar-refractivity contribution is 7.89. The maximum Gasteiger partial charge on any atom is 0.243 e. The molecule has 0 bridgehead atoms. The van der Waals surface area contributed by atoms with Crippen molar-refractivity contribution in [1.82, 2.24) is 4.31 Å². The molecule has 1 saturated heterocycles. The van der Waals surface area contributed by atoms with Crippen LogP contribution in [0.5, 0.6) is 5.75 Å². The molecule has 1 atom stereocenters. The Balaban J connectivity index is 2.06. The van der Waals surface area contributed by atoms with Crippen molar-refractivity contribution in [3.8, 4) is 5.75 Å². The molecule has 1 heterocycles. The Morgan fingerprint density at radius 3 is 2.62 bits per heavy atom. The standard InChI is InChI=1S/C14H22N2O4S/c1-19-9-10-20-13-4-6-14(7-5-13)21(17,18)16-8-2-3-12(15)11-16/h4-7,12H,2-3,8-11,15H2,1H3. The SMILES string of the molecule is COCCOc1ccc(S(=O)(=O)N2CCCC(N)C2)cc1. The Kier molecular flexibility index (Phi) is 5.58. The van der Waals surface area contributed by atoms with Gasteiger partial charge in [-0.2, -0.15) is 4.31 Å². The fraction of sp³-hybridized carbons (Fsp3) is 0.571. The number of piperidine rings is 1. The summed E-state index contributed by atoms with van der Waals surface area (Å²) in [5.74, 6) is 0.626. The number of ether oxygens (including phenoxy) is 2. The topological polar surface area (TPSA) is 81.9 Å². The van der Waals surface area contributed by atoms with Crippen LogP contribution < -0.4 is 10.5 Å². The van der Waals surface area contributed by atoms with Gasteiger partial charge in [0.15, 0.2) is 0 Å². The second-order valence-corrected chi connectivity index (χ2v) is 7.02. The Morgan fingerprint density at radius 1 is 1.29 bits per heavy atom. The minimum Gasteiger partial charge on any atom is -0.491 e. The van der Waals surface area contributed by atoms with Crippen LogP contribution in [-0.4, -0.2) is 52.2 Å². The highest BCUT2D eigenvalue weighted by atomic mass is 32.2. The summed E-state index contributed by atoms with van der Waals surface area (Å²) < 4.78 is 36.8. The van der Waals surface area contributed by atoms with E-state index < -0.39 is 10.0 Å². The van der Waals surface area contributed by atoms with Gasteiger partial charge in [0.1, 0.15) is 12.4 Å². The van der Waals surface area contributed by atoms with E-state index in [-0.39, 0.29) is 10.9 Å². The molecular formula is C14H22N2O4S. The number of nitrogens with zero attached hydrogens (tertiary/aromatic N) is 1. The van der Waals surface area contributed by atoms with Crippen molar-refractivity contribution in [1.29, 1.82) is 0 Å². The second kappa shape index (κ2) is 7.22. The van der Waals surface area contributed by atoms with Crippen LogP contribution in [0.15, 0.2) is 29.2 Å². The molecule has 1 aliphatic heterocycles. The van der Waals surface area contributed by atoms with E-state index in [9.17, 15) is 8.42 Å². The molecule has 0 aromatic heterocycles. The summed E-state index contributed by atoms with van der Waals surface area (Å²) in [7, 11) is -1.86. The average Bonchev–Trinajstić information content (AvgIpc) is 2.48. The smallest absolute Gasteiger partial charge is 0.243 e. The number of sulfonamides is 1. The van der Waals surface area contributed by atoms with Crippen molar-refractivity contribution in [3.63, 3.8) is 0 Å². The number of benzene rings is 1.